The Morgan fingerprint density at radius 2 is 2.05 bits per heavy atom. The first-order valence-corrected chi connectivity index (χ1v) is 7.12. The zero-order valence-corrected chi connectivity index (χ0v) is 12.4. The molecule has 0 radical (unpaired) electrons. The largest absolute Gasteiger partial charge is 0.454 e. The number of nitrogens with zero attached hydrogens (tertiary/aromatic N) is 2. The van der Waals surface area contributed by atoms with Gasteiger partial charge in [-0.15, -0.1) is 0 Å². The molecular formula is C19H17N2O+. The normalized spacial score (nSPS) is 14.0. The summed E-state index contributed by atoms with van der Waals surface area (Å²) in [7, 11) is 1.87. The van der Waals surface area contributed by atoms with Gasteiger partial charge in [0.1, 0.15) is 12.6 Å². The van der Waals surface area contributed by atoms with E-state index in [9.17, 15) is 0 Å². The number of pyridine rings is 2. The molecule has 0 aliphatic carbocycles. The number of fused-ring (bicyclic) bond motifs is 3. The molecule has 0 aliphatic heterocycles. The van der Waals surface area contributed by atoms with Gasteiger partial charge in [0.15, 0.2) is 11.8 Å². The van der Waals surface area contributed by atoms with Crippen molar-refractivity contribution in [2.75, 3.05) is 0 Å². The van der Waals surface area contributed by atoms with Gasteiger partial charge in [0.2, 0.25) is 5.69 Å². The average molecular weight is 292 g/mol. The molecule has 0 saturated carbocycles. The number of aromatic nitrogens is 2. The van der Waals surface area contributed by atoms with E-state index in [0.717, 1.165) is 38.8 Å². The van der Waals surface area contributed by atoms with Crippen LogP contribution in [0, 0.1) is 13.8 Å². The van der Waals surface area contributed by atoms with Crippen LogP contribution in [0.1, 0.15) is 15.2 Å². The Morgan fingerprint density at radius 1 is 1.14 bits per heavy atom. The molecule has 0 unspecified atom stereocenters. The summed E-state index contributed by atoms with van der Waals surface area (Å²) in [6, 6.07) is 9.46. The zero-order valence-electron chi connectivity index (χ0n) is 15.4. The number of rotatable bonds is 1. The van der Waals surface area contributed by atoms with Gasteiger partial charge in [0, 0.05) is 32.7 Å². The number of furan rings is 1. The third-order valence-corrected chi connectivity index (χ3v) is 4.04. The van der Waals surface area contributed by atoms with Crippen LogP contribution in [0.25, 0.3) is 33.2 Å². The Labute approximate surface area is 133 Å². The predicted molar refractivity (Wildman–Crippen MR) is 87.6 cm³/mol. The minimum atomic E-state index is -2.12. The summed E-state index contributed by atoms with van der Waals surface area (Å²) in [5.41, 5.74) is 4.95. The zero-order chi connectivity index (χ0) is 17.8. The van der Waals surface area contributed by atoms with E-state index in [1.54, 1.807) is 24.7 Å². The fourth-order valence-electron chi connectivity index (χ4n) is 3.02. The summed E-state index contributed by atoms with van der Waals surface area (Å²) in [5.74, 6) is 0. The van der Waals surface area contributed by atoms with Crippen LogP contribution in [0.4, 0.5) is 0 Å². The SMILES string of the molecule is [2H]C([2H])([2H])c1ccc(-c2c(C)ccc3oc4cnccc4c23)[n+](C)c1. The van der Waals surface area contributed by atoms with E-state index in [0.29, 0.717) is 5.56 Å². The van der Waals surface area contributed by atoms with E-state index in [-0.39, 0.29) is 0 Å². The van der Waals surface area contributed by atoms with Crippen molar-refractivity contribution in [1.82, 2.24) is 4.98 Å². The molecule has 0 saturated heterocycles. The maximum Gasteiger partial charge on any atom is 0.213 e. The van der Waals surface area contributed by atoms with Crippen molar-refractivity contribution in [3.63, 3.8) is 0 Å². The minimum Gasteiger partial charge on any atom is -0.454 e. The Hall–Kier alpha value is -2.68. The molecular weight excluding hydrogens is 272 g/mol. The summed E-state index contributed by atoms with van der Waals surface area (Å²) >= 11 is 0. The summed E-state index contributed by atoms with van der Waals surface area (Å²) in [6.07, 6.45) is 5.14. The van der Waals surface area contributed by atoms with Gasteiger partial charge in [0.25, 0.3) is 0 Å². The molecule has 0 N–H and O–H groups in total. The summed E-state index contributed by atoms with van der Waals surface area (Å²) < 4.78 is 30.6. The van der Waals surface area contributed by atoms with Gasteiger partial charge in [-0.2, -0.15) is 0 Å². The molecule has 22 heavy (non-hydrogen) atoms. The smallest absolute Gasteiger partial charge is 0.213 e. The van der Waals surface area contributed by atoms with Crippen LogP contribution in [-0.4, -0.2) is 4.98 Å². The number of hydrogen-bond donors (Lipinski definition) is 0. The van der Waals surface area contributed by atoms with Crippen LogP contribution in [0.3, 0.4) is 0 Å². The Morgan fingerprint density at radius 3 is 2.86 bits per heavy atom. The molecule has 4 rings (SSSR count). The van der Waals surface area contributed by atoms with Crippen LogP contribution in [-0.2, 0) is 7.05 Å². The molecule has 3 nitrogen and oxygen atoms in total. The van der Waals surface area contributed by atoms with Crippen molar-refractivity contribution in [3.05, 3.63) is 60.0 Å². The van der Waals surface area contributed by atoms with Crippen LogP contribution in [0.2, 0.25) is 0 Å². The van der Waals surface area contributed by atoms with Crippen molar-refractivity contribution in [2.45, 2.75) is 13.8 Å². The number of hydrogen-bond acceptors (Lipinski definition) is 2. The first kappa shape index (κ1) is 10.1. The summed E-state index contributed by atoms with van der Waals surface area (Å²) in [5, 5.41) is 2.03. The van der Waals surface area contributed by atoms with Crippen molar-refractivity contribution in [1.29, 1.82) is 0 Å². The fourth-order valence-corrected chi connectivity index (χ4v) is 3.02. The van der Waals surface area contributed by atoms with Crippen molar-refractivity contribution < 1.29 is 13.1 Å². The van der Waals surface area contributed by atoms with Gasteiger partial charge in [-0.05, 0) is 37.5 Å². The molecule has 108 valence electrons. The highest BCUT2D eigenvalue weighted by atomic mass is 16.3. The van der Waals surface area contributed by atoms with E-state index in [1.165, 1.54) is 0 Å². The predicted octanol–water partition coefficient (Wildman–Crippen LogP) is 4.09. The Balaban J connectivity index is 2.06. The molecule has 0 fully saturated rings. The van der Waals surface area contributed by atoms with E-state index < -0.39 is 6.85 Å². The monoisotopic (exact) mass is 292 g/mol. The number of aryl methyl sites for hydroxylation is 3. The van der Waals surface area contributed by atoms with Crippen LogP contribution in [0.15, 0.2) is 53.3 Å². The van der Waals surface area contributed by atoms with E-state index in [2.05, 4.69) is 4.98 Å². The van der Waals surface area contributed by atoms with E-state index >= 15 is 0 Å². The third kappa shape index (κ3) is 1.82. The van der Waals surface area contributed by atoms with Gasteiger partial charge >= 0.3 is 0 Å². The second-order valence-corrected chi connectivity index (χ2v) is 5.52. The minimum absolute atomic E-state index is 0.324. The van der Waals surface area contributed by atoms with Crippen molar-refractivity contribution in [2.24, 2.45) is 7.05 Å². The molecule has 0 aliphatic rings. The van der Waals surface area contributed by atoms with Gasteiger partial charge in [-0.25, -0.2) is 4.57 Å². The lowest BCUT2D eigenvalue weighted by Crippen LogP contribution is -2.31. The molecule has 3 aromatic heterocycles. The molecule has 4 aromatic rings. The Bertz CT molecular complexity index is 1110. The van der Waals surface area contributed by atoms with Gasteiger partial charge in [-0.1, -0.05) is 6.07 Å². The topological polar surface area (TPSA) is 29.9 Å². The molecule has 3 heterocycles. The lowest BCUT2D eigenvalue weighted by molar-refractivity contribution is -0.660. The standard InChI is InChI=1S/C19H17N2O/c1-12-4-6-15(21(3)11-12)18-13(2)5-7-16-19(18)14-8-9-20-10-17(14)22-16/h4-11H,1-3H3/q+1/i1D3. The van der Waals surface area contributed by atoms with Crippen LogP contribution in [0.5, 0.6) is 0 Å². The second kappa shape index (κ2) is 4.67. The molecule has 3 heteroatoms. The van der Waals surface area contributed by atoms with Crippen LogP contribution < -0.4 is 4.57 Å². The first-order valence-electron chi connectivity index (χ1n) is 8.62. The second-order valence-electron chi connectivity index (χ2n) is 5.52. The highest BCUT2D eigenvalue weighted by Gasteiger charge is 2.20. The maximum absolute atomic E-state index is 7.60. The highest BCUT2D eigenvalue weighted by molar-refractivity contribution is 6.12. The highest BCUT2D eigenvalue weighted by Crippen LogP contribution is 2.37. The summed E-state index contributed by atoms with van der Waals surface area (Å²) in [4.78, 5) is 4.13. The van der Waals surface area contributed by atoms with Crippen LogP contribution >= 0.6 is 0 Å². The molecule has 0 atom stereocenters. The van der Waals surface area contributed by atoms with Gasteiger partial charge in [-0.3, -0.25) is 4.98 Å². The fraction of sp³-hybridized carbons (Fsp3) is 0.158. The molecule has 1 aromatic carbocycles. The van der Waals surface area contributed by atoms with Crippen molar-refractivity contribution >= 4 is 21.9 Å². The molecule has 0 bridgehead atoms. The quantitative estimate of drug-likeness (QED) is 0.495. The Kier molecular flexibility index (Phi) is 2.15. The maximum atomic E-state index is 7.60. The van der Waals surface area contributed by atoms with E-state index in [4.69, 9.17) is 8.53 Å². The number of benzene rings is 1. The lowest BCUT2D eigenvalue weighted by atomic mass is 9.98. The van der Waals surface area contributed by atoms with Gasteiger partial charge < -0.3 is 4.42 Å². The third-order valence-electron chi connectivity index (χ3n) is 4.04. The lowest BCUT2D eigenvalue weighted by Gasteiger charge is -2.06. The van der Waals surface area contributed by atoms with E-state index in [1.807, 2.05) is 42.8 Å². The molecule has 0 spiro atoms. The summed E-state index contributed by atoms with van der Waals surface area (Å²) in [6.45, 7) is -0.0716. The average Bonchev–Trinajstić information content (AvgIpc) is 2.93. The molecule has 0 amide bonds. The first-order chi connectivity index (χ1) is 11.9. The van der Waals surface area contributed by atoms with Gasteiger partial charge in [0.05, 0.1) is 11.8 Å². The van der Waals surface area contributed by atoms with Crippen molar-refractivity contribution in [3.8, 4) is 11.3 Å².